The molecule has 0 bridgehead atoms. The van der Waals surface area contributed by atoms with E-state index in [9.17, 15) is 9.59 Å². The zero-order valence-electron chi connectivity index (χ0n) is 8.48. The van der Waals surface area contributed by atoms with E-state index < -0.39 is 6.09 Å². The summed E-state index contributed by atoms with van der Waals surface area (Å²) < 4.78 is 0. The fourth-order valence-electron chi connectivity index (χ4n) is 2.22. The van der Waals surface area contributed by atoms with Crippen LogP contribution in [-0.4, -0.2) is 59.3 Å². The summed E-state index contributed by atoms with van der Waals surface area (Å²) >= 11 is 0. The number of carbonyl (C=O) groups excluding carboxylic acids is 1. The number of piperidine rings is 1. The smallest absolute Gasteiger partial charge is 0.407 e. The van der Waals surface area contributed by atoms with Crippen LogP contribution in [0.25, 0.3) is 0 Å². The van der Waals surface area contributed by atoms with Crippen molar-refractivity contribution in [1.29, 1.82) is 0 Å². The van der Waals surface area contributed by atoms with Gasteiger partial charge in [0.2, 0.25) is 0 Å². The fraction of sp³-hybridized carbons (Fsp3) is 0.778. The van der Waals surface area contributed by atoms with Gasteiger partial charge in [-0.05, 0) is 12.8 Å². The molecular weight excluding hydrogens is 198 g/mol. The fourth-order valence-corrected chi connectivity index (χ4v) is 2.22. The number of carbonyl (C=O) groups is 2. The van der Waals surface area contributed by atoms with E-state index in [4.69, 9.17) is 5.11 Å². The molecule has 1 unspecified atom stereocenters. The van der Waals surface area contributed by atoms with E-state index in [1.54, 1.807) is 4.90 Å². The van der Waals surface area contributed by atoms with Crippen molar-refractivity contribution in [3.05, 3.63) is 0 Å². The van der Waals surface area contributed by atoms with E-state index in [1.165, 1.54) is 4.90 Å². The maximum absolute atomic E-state index is 11.4. The minimum atomic E-state index is -0.890. The quantitative estimate of drug-likeness (QED) is 0.651. The first-order valence-electron chi connectivity index (χ1n) is 5.21. The van der Waals surface area contributed by atoms with Gasteiger partial charge in [-0.3, -0.25) is 0 Å². The molecule has 2 fully saturated rings. The molecule has 6 heteroatoms. The van der Waals surface area contributed by atoms with Gasteiger partial charge >= 0.3 is 12.1 Å². The molecule has 2 saturated heterocycles. The van der Waals surface area contributed by atoms with E-state index in [0.29, 0.717) is 26.2 Å². The Morgan fingerprint density at radius 3 is 2.87 bits per heavy atom. The molecule has 0 saturated carbocycles. The van der Waals surface area contributed by atoms with Gasteiger partial charge in [0.05, 0.1) is 6.04 Å². The largest absolute Gasteiger partial charge is 0.465 e. The molecule has 6 nitrogen and oxygen atoms in total. The lowest BCUT2D eigenvalue weighted by molar-refractivity contribution is 0.103. The van der Waals surface area contributed by atoms with Crippen LogP contribution in [0.1, 0.15) is 12.8 Å². The predicted octanol–water partition coefficient (Wildman–Crippen LogP) is 0.154. The Balaban J connectivity index is 1.97. The third-order valence-corrected chi connectivity index (χ3v) is 3.00. The molecule has 2 aliphatic rings. The highest BCUT2D eigenvalue weighted by molar-refractivity contribution is 5.76. The minimum absolute atomic E-state index is 0.0531. The van der Waals surface area contributed by atoms with Gasteiger partial charge in [-0.25, -0.2) is 9.59 Å². The van der Waals surface area contributed by atoms with Crippen LogP contribution in [-0.2, 0) is 0 Å². The topological polar surface area (TPSA) is 72.9 Å². The number of carboxylic acid groups (broad SMARTS) is 1. The second-order valence-electron chi connectivity index (χ2n) is 3.95. The molecule has 2 aliphatic heterocycles. The van der Waals surface area contributed by atoms with Crippen LogP contribution >= 0.6 is 0 Å². The van der Waals surface area contributed by atoms with Crippen molar-refractivity contribution >= 4 is 12.1 Å². The Bertz CT molecular complexity index is 282. The van der Waals surface area contributed by atoms with Crippen LogP contribution in [0.3, 0.4) is 0 Å². The van der Waals surface area contributed by atoms with Crippen LogP contribution < -0.4 is 5.32 Å². The molecule has 2 heterocycles. The highest BCUT2D eigenvalue weighted by Crippen LogP contribution is 2.17. The standard InChI is InChI=1S/C9H15N3O3/c13-8-10-3-5-12(8)7-2-1-4-11(6-7)9(14)15/h7H,1-6H2,(H,10,13)(H,14,15). The zero-order valence-corrected chi connectivity index (χ0v) is 8.48. The molecule has 0 spiro atoms. The lowest BCUT2D eigenvalue weighted by atomic mass is 10.1. The molecular formula is C9H15N3O3. The third kappa shape index (κ3) is 1.98. The monoisotopic (exact) mass is 213 g/mol. The molecule has 84 valence electrons. The first-order chi connectivity index (χ1) is 7.18. The van der Waals surface area contributed by atoms with Crippen molar-refractivity contribution in [2.45, 2.75) is 18.9 Å². The van der Waals surface area contributed by atoms with E-state index in [-0.39, 0.29) is 12.1 Å². The molecule has 2 rings (SSSR count). The van der Waals surface area contributed by atoms with Crippen LogP contribution in [0.2, 0.25) is 0 Å². The average Bonchev–Trinajstić information content (AvgIpc) is 2.64. The van der Waals surface area contributed by atoms with Gasteiger partial charge in [0.25, 0.3) is 0 Å². The number of hydrogen-bond acceptors (Lipinski definition) is 2. The summed E-state index contributed by atoms with van der Waals surface area (Å²) in [6.45, 7) is 2.39. The zero-order chi connectivity index (χ0) is 10.8. The summed E-state index contributed by atoms with van der Waals surface area (Å²) in [5, 5.41) is 11.6. The summed E-state index contributed by atoms with van der Waals surface area (Å²) in [5.41, 5.74) is 0. The van der Waals surface area contributed by atoms with Gasteiger partial charge < -0.3 is 20.2 Å². The summed E-state index contributed by atoms with van der Waals surface area (Å²) in [6.07, 6.45) is 0.845. The molecule has 15 heavy (non-hydrogen) atoms. The number of nitrogens with zero attached hydrogens (tertiary/aromatic N) is 2. The van der Waals surface area contributed by atoms with Crippen molar-refractivity contribution in [2.75, 3.05) is 26.2 Å². The summed E-state index contributed by atoms with van der Waals surface area (Å²) in [7, 11) is 0. The summed E-state index contributed by atoms with van der Waals surface area (Å²) in [6, 6.07) is -0.00964. The molecule has 2 N–H and O–H groups in total. The van der Waals surface area contributed by atoms with Crippen molar-refractivity contribution < 1.29 is 14.7 Å². The second kappa shape index (κ2) is 3.96. The van der Waals surface area contributed by atoms with Gasteiger partial charge in [-0.2, -0.15) is 0 Å². The van der Waals surface area contributed by atoms with Crippen LogP contribution in [0.15, 0.2) is 0 Å². The van der Waals surface area contributed by atoms with Crippen molar-refractivity contribution in [3.8, 4) is 0 Å². The Hall–Kier alpha value is -1.46. The molecule has 0 aromatic heterocycles. The Morgan fingerprint density at radius 1 is 1.47 bits per heavy atom. The maximum atomic E-state index is 11.4. The van der Waals surface area contributed by atoms with Gasteiger partial charge in [0.1, 0.15) is 0 Å². The maximum Gasteiger partial charge on any atom is 0.407 e. The molecule has 0 aromatic rings. The number of nitrogens with one attached hydrogen (secondary N) is 1. The lowest BCUT2D eigenvalue weighted by Crippen LogP contribution is -2.50. The number of likely N-dealkylation sites (tertiary alicyclic amines) is 1. The van der Waals surface area contributed by atoms with Gasteiger partial charge in [0, 0.05) is 26.2 Å². The van der Waals surface area contributed by atoms with Crippen LogP contribution in [0.4, 0.5) is 9.59 Å². The minimum Gasteiger partial charge on any atom is -0.465 e. The molecule has 0 aromatic carbocycles. The van der Waals surface area contributed by atoms with Gasteiger partial charge in [0.15, 0.2) is 0 Å². The van der Waals surface area contributed by atoms with Gasteiger partial charge in [-0.15, -0.1) is 0 Å². The number of urea groups is 1. The van der Waals surface area contributed by atoms with Crippen LogP contribution in [0, 0.1) is 0 Å². The van der Waals surface area contributed by atoms with E-state index in [2.05, 4.69) is 5.32 Å². The normalized spacial score (nSPS) is 26.7. The Labute approximate surface area is 87.8 Å². The number of rotatable bonds is 1. The number of amides is 3. The van der Waals surface area contributed by atoms with Crippen molar-refractivity contribution in [1.82, 2.24) is 15.1 Å². The van der Waals surface area contributed by atoms with E-state index in [1.807, 2.05) is 0 Å². The third-order valence-electron chi connectivity index (χ3n) is 3.00. The molecule has 1 atom stereocenters. The molecule has 3 amide bonds. The van der Waals surface area contributed by atoms with Crippen molar-refractivity contribution in [2.24, 2.45) is 0 Å². The Morgan fingerprint density at radius 2 is 2.27 bits per heavy atom. The Kier molecular flexibility index (Phi) is 2.66. The molecule has 0 aliphatic carbocycles. The lowest BCUT2D eigenvalue weighted by Gasteiger charge is -2.35. The summed E-state index contributed by atoms with van der Waals surface area (Å²) in [4.78, 5) is 25.3. The number of hydrogen-bond donors (Lipinski definition) is 2. The average molecular weight is 213 g/mol. The van der Waals surface area contributed by atoms with Crippen LogP contribution in [0.5, 0.6) is 0 Å². The highest BCUT2D eigenvalue weighted by atomic mass is 16.4. The first kappa shape index (κ1) is 10.1. The highest BCUT2D eigenvalue weighted by Gasteiger charge is 2.32. The second-order valence-corrected chi connectivity index (χ2v) is 3.95. The molecule has 0 radical (unpaired) electrons. The SMILES string of the molecule is O=C(O)N1CCCC(N2CCNC2=O)C1. The first-order valence-corrected chi connectivity index (χ1v) is 5.21. The van der Waals surface area contributed by atoms with E-state index >= 15 is 0 Å². The van der Waals surface area contributed by atoms with E-state index in [0.717, 1.165) is 12.8 Å². The van der Waals surface area contributed by atoms with Crippen molar-refractivity contribution in [3.63, 3.8) is 0 Å². The predicted molar refractivity (Wildman–Crippen MR) is 52.7 cm³/mol. The van der Waals surface area contributed by atoms with Gasteiger partial charge in [-0.1, -0.05) is 0 Å². The summed E-state index contributed by atoms with van der Waals surface area (Å²) in [5.74, 6) is 0.